The Morgan fingerprint density at radius 3 is 2.79 bits per heavy atom. The fourth-order valence-electron chi connectivity index (χ4n) is 2.37. The molecule has 0 saturated heterocycles. The van der Waals surface area contributed by atoms with Crippen molar-refractivity contribution in [1.29, 1.82) is 0 Å². The Bertz CT molecular complexity index is 659. The second-order valence-corrected chi connectivity index (χ2v) is 6.54. The van der Waals surface area contributed by atoms with E-state index in [-0.39, 0.29) is 5.78 Å². The Morgan fingerprint density at radius 1 is 1.29 bits per heavy atom. The number of benzene rings is 1. The monoisotopic (exact) mass is 394 g/mol. The number of aromatic nitrogens is 4. The van der Waals surface area contributed by atoms with Crippen LogP contribution in [0.5, 0.6) is 0 Å². The van der Waals surface area contributed by atoms with Crippen LogP contribution in [0.3, 0.4) is 0 Å². The molecule has 0 radical (unpaired) electrons. The van der Waals surface area contributed by atoms with E-state index in [2.05, 4.69) is 49.5 Å². The van der Waals surface area contributed by atoms with Crippen molar-refractivity contribution in [2.24, 2.45) is 0 Å². The zero-order chi connectivity index (χ0) is 17.4. The standard InChI is InChI=1S/C17H23BrN4O2/c1-3-15(23)10-13-7-8-14(12(2)17(13)18)11-24-9-5-4-6-16-19-21-22-20-16/h7-8H,3-6,9-11H2,1-2H3,(H,19,20,21,22). The topological polar surface area (TPSA) is 80.8 Å². The van der Waals surface area contributed by atoms with Gasteiger partial charge in [0.15, 0.2) is 0 Å². The van der Waals surface area contributed by atoms with E-state index in [1.165, 1.54) is 0 Å². The molecule has 6 nitrogen and oxygen atoms in total. The summed E-state index contributed by atoms with van der Waals surface area (Å²) in [6.45, 7) is 5.23. The summed E-state index contributed by atoms with van der Waals surface area (Å²) in [5.41, 5.74) is 3.34. The molecule has 1 heterocycles. The predicted octanol–water partition coefficient (Wildman–Crippen LogP) is 3.33. The molecule has 2 aromatic rings. The van der Waals surface area contributed by atoms with Crippen molar-refractivity contribution >= 4 is 21.7 Å². The third-order valence-corrected chi connectivity index (χ3v) is 5.06. The zero-order valence-electron chi connectivity index (χ0n) is 14.1. The Morgan fingerprint density at radius 2 is 2.08 bits per heavy atom. The molecule has 0 saturated carbocycles. The number of ether oxygens (including phenoxy) is 1. The second kappa shape index (κ2) is 9.64. The summed E-state index contributed by atoms with van der Waals surface area (Å²) in [4.78, 5) is 11.6. The van der Waals surface area contributed by atoms with Crippen LogP contribution in [-0.4, -0.2) is 33.0 Å². The largest absolute Gasteiger partial charge is 0.377 e. The smallest absolute Gasteiger partial charge is 0.148 e. The first-order valence-corrected chi connectivity index (χ1v) is 9.00. The van der Waals surface area contributed by atoms with E-state index in [0.29, 0.717) is 26.1 Å². The molecule has 0 aliphatic carbocycles. The van der Waals surface area contributed by atoms with E-state index in [4.69, 9.17) is 4.74 Å². The number of Topliss-reactive ketones (excluding diaryl/α,β-unsaturated/α-hetero) is 1. The van der Waals surface area contributed by atoms with E-state index in [0.717, 1.165) is 46.2 Å². The van der Waals surface area contributed by atoms with Crippen LogP contribution in [0.15, 0.2) is 16.6 Å². The summed E-state index contributed by atoms with van der Waals surface area (Å²) in [7, 11) is 0. The molecule has 1 aromatic carbocycles. The number of halogens is 1. The number of ketones is 1. The Balaban J connectivity index is 1.76. The van der Waals surface area contributed by atoms with Gasteiger partial charge in [-0.2, -0.15) is 0 Å². The van der Waals surface area contributed by atoms with Gasteiger partial charge in [0.05, 0.1) is 6.61 Å². The van der Waals surface area contributed by atoms with Gasteiger partial charge in [-0.3, -0.25) is 4.79 Å². The average molecular weight is 395 g/mol. The lowest BCUT2D eigenvalue weighted by atomic mass is 10.0. The van der Waals surface area contributed by atoms with Crippen molar-refractivity contribution in [3.05, 3.63) is 39.1 Å². The van der Waals surface area contributed by atoms with Crippen LogP contribution in [0.1, 0.15) is 48.7 Å². The maximum Gasteiger partial charge on any atom is 0.148 e. The molecule has 0 aliphatic rings. The van der Waals surface area contributed by atoms with Crippen LogP contribution in [0.2, 0.25) is 0 Å². The molecule has 0 fully saturated rings. The molecule has 0 spiro atoms. The highest BCUT2D eigenvalue weighted by molar-refractivity contribution is 9.10. The number of H-pyrrole nitrogens is 1. The van der Waals surface area contributed by atoms with Crippen LogP contribution >= 0.6 is 15.9 Å². The number of nitrogens with zero attached hydrogens (tertiary/aromatic N) is 3. The highest BCUT2D eigenvalue weighted by Crippen LogP contribution is 2.26. The van der Waals surface area contributed by atoms with Gasteiger partial charge in [0.1, 0.15) is 11.6 Å². The van der Waals surface area contributed by atoms with Crippen molar-refractivity contribution in [1.82, 2.24) is 20.6 Å². The van der Waals surface area contributed by atoms with E-state index in [9.17, 15) is 4.79 Å². The number of hydrogen-bond donors (Lipinski definition) is 1. The van der Waals surface area contributed by atoms with Gasteiger partial charge in [-0.1, -0.05) is 35.0 Å². The molecule has 0 unspecified atom stereocenters. The number of nitrogens with one attached hydrogen (secondary N) is 1. The molecule has 0 atom stereocenters. The number of carbonyl (C=O) groups excluding carboxylic acids is 1. The van der Waals surface area contributed by atoms with Crippen molar-refractivity contribution in [3.8, 4) is 0 Å². The first-order chi connectivity index (χ1) is 11.6. The maximum absolute atomic E-state index is 11.6. The van der Waals surface area contributed by atoms with Gasteiger partial charge in [0, 0.05) is 30.3 Å². The lowest BCUT2D eigenvalue weighted by molar-refractivity contribution is -0.118. The van der Waals surface area contributed by atoms with Gasteiger partial charge in [-0.05, 0) is 46.9 Å². The average Bonchev–Trinajstić information content (AvgIpc) is 3.10. The number of unbranched alkanes of at least 4 members (excludes halogenated alkanes) is 1. The fraction of sp³-hybridized carbons (Fsp3) is 0.529. The summed E-state index contributed by atoms with van der Waals surface area (Å²) in [6, 6.07) is 4.07. The predicted molar refractivity (Wildman–Crippen MR) is 94.7 cm³/mol. The number of tetrazole rings is 1. The van der Waals surface area contributed by atoms with Crippen LogP contribution in [-0.2, 0) is 29.0 Å². The molecule has 7 heteroatoms. The molecule has 0 amide bonds. The number of hydrogen-bond acceptors (Lipinski definition) is 5. The molecule has 0 bridgehead atoms. The minimum atomic E-state index is 0.251. The molecule has 130 valence electrons. The van der Waals surface area contributed by atoms with Crippen LogP contribution in [0.4, 0.5) is 0 Å². The van der Waals surface area contributed by atoms with E-state index >= 15 is 0 Å². The van der Waals surface area contributed by atoms with Gasteiger partial charge in [0.2, 0.25) is 0 Å². The minimum Gasteiger partial charge on any atom is -0.377 e. The highest BCUT2D eigenvalue weighted by atomic mass is 79.9. The van der Waals surface area contributed by atoms with Crippen LogP contribution < -0.4 is 0 Å². The first-order valence-electron chi connectivity index (χ1n) is 8.20. The second-order valence-electron chi connectivity index (χ2n) is 5.75. The third kappa shape index (κ3) is 5.49. The number of rotatable bonds is 10. The summed E-state index contributed by atoms with van der Waals surface area (Å²) in [6.07, 6.45) is 3.83. The summed E-state index contributed by atoms with van der Waals surface area (Å²) in [5.74, 6) is 1.06. The Labute approximate surface area is 150 Å². The molecule has 0 aliphatic heterocycles. The van der Waals surface area contributed by atoms with Crippen LogP contribution in [0.25, 0.3) is 0 Å². The minimum absolute atomic E-state index is 0.251. The zero-order valence-corrected chi connectivity index (χ0v) is 15.7. The van der Waals surface area contributed by atoms with E-state index in [1.54, 1.807) is 0 Å². The first kappa shape index (κ1) is 18.7. The quantitative estimate of drug-likeness (QED) is 0.624. The van der Waals surface area contributed by atoms with E-state index in [1.807, 2.05) is 13.0 Å². The SMILES string of the molecule is CCC(=O)Cc1ccc(COCCCCc2nnn[nH]2)c(C)c1Br. The van der Waals surface area contributed by atoms with E-state index < -0.39 is 0 Å². The normalized spacial score (nSPS) is 11.0. The van der Waals surface area contributed by atoms with Crippen LogP contribution in [0, 0.1) is 6.92 Å². The van der Waals surface area contributed by atoms with Gasteiger partial charge in [0.25, 0.3) is 0 Å². The summed E-state index contributed by atoms with van der Waals surface area (Å²) < 4.78 is 6.78. The van der Waals surface area contributed by atoms with Crippen molar-refractivity contribution in [2.45, 2.75) is 52.6 Å². The fourth-order valence-corrected chi connectivity index (χ4v) is 2.90. The highest BCUT2D eigenvalue weighted by Gasteiger charge is 2.10. The molecular weight excluding hydrogens is 372 g/mol. The van der Waals surface area contributed by atoms with Gasteiger partial charge in [-0.15, -0.1) is 5.10 Å². The van der Waals surface area contributed by atoms with Crippen molar-refractivity contribution < 1.29 is 9.53 Å². The van der Waals surface area contributed by atoms with Gasteiger partial charge in [-0.25, -0.2) is 5.10 Å². The number of aromatic amines is 1. The number of aryl methyl sites for hydroxylation is 1. The lowest BCUT2D eigenvalue weighted by Gasteiger charge is -2.12. The van der Waals surface area contributed by atoms with Crippen molar-refractivity contribution in [2.75, 3.05) is 6.61 Å². The Hall–Kier alpha value is -1.60. The molecule has 1 N–H and O–H groups in total. The molecule has 24 heavy (non-hydrogen) atoms. The molecule has 2 rings (SSSR count). The van der Waals surface area contributed by atoms with Gasteiger partial charge < -0.3 is 4.74 Å². The summed E-state index contributed by atoms with van der Waals surface area (Å²) in [5, 5.41) is 13.7. The third-order valence-electron chi connectivity index (χ3n) is 3.96. The lowest BCUT2D eigenvalue weighted by Crippen LogP contribution is -2.04. The summed E-state index contributed by atoms with van der Waals surface area (Å²) >= 11 is 3.61. The molecule has 1 aromatic heterocycles. The Kier molecular flexibility index (Phi) is 7.52. The maximum atomic E-state index is 11.6. The van der Waals surface area contributed by atoms with Gasteiger partial charge >= 0.3 is 0 Å². The molecular formula is C17H23BrN4O2. The number of carbonyl (C=O) groups is 1. The van der Waals surface area contributed by atoms with Crippen molar-refractivity contribution in [3.63, 3.8) is 0 Å².